The Morgan fingerprint density at radius 2 is 2.15 bits per heavy atom. The van der Waals surface area contributed by atoms with Gasteiger partial charge in [-0.1, -0.05) is 6.92 Å². The van der Waals surface area contributed by atoms with E-state index in [2.05, 4.69) is 0 Å². The molecule has 0 aliphatic carbocycles. The first kappa shape index (κ1) is 10.2. The van der Waals surface area contributed by atoms with Crippen LogP contribution in [0.4, 0.5) is 8.78 Å². The van der Waals surface area contributed by atoms with Crippen molar-refractivity contribution in [3.8, 4) is 0 Å². The topological polar surface area (TPSA) is 17.1 Å². The number of carbonyl (C=O) groups excluding carboxylic acids is 1. The molecule has 0 spiro atoms. The summed E-state index contributed by atoms with van der Waals surface area (Å²) in [5.74, 6) is -0.812. The second kappa shape index (κ2) is 4.37. The van der Waals surface area contributed by atoms with Gasteiger partial charge in [0.2, 0.25) is 0 Å². The monoisotopic (exact) mass is 202 g/mol. The maximum absolute atomic E-state index is 13.2. The Kier molecular flexibility index (Phi) is 3.42. The summed E-state index contributed by atoms with van der Waals surface area (Å²) in [4.78, 5) is 10.2. The minimum absolute atomic E-state index is 0.0768. The predicted octanol–water partition coefficient (Wildman–Crippen LogP) is 2.89. The molecule has 1 aromatic rings. The number of carbonyl (C=O) groups is 1. The predicted molar refractivity (Wildman–Crippen MR) is 48.1 cm³/mol. The normalized spacial score (nSPS) is 10.1. The molecule has 70 valence electrons. The van der Waals surface area contributed by atoms with Crippen molar-refractivity contribution in [3.63, 3.8) is 0 Å². The van der Waals surface area contributed by atoms with Crippen LogP contribution in [0.3, 0.4) is 0 Å². The second-order valence-electron chi connectivity index (χ2n) is 2.33. The summed E-state index contributed by atoms with van der Waals surface area (Å²) in [6, 6.07) is 2.24. The lowest BCUT2D eigenvalue weighted by atomic mass is 10.2. The molecule has 0 unspecified atom stereocenters. The molecule has 4 heteroatoms. The van der Waals surface area contributed by atoms with Gasteiger partial charge in [0.05, 0.1) is 10.5 Å². The van der Waals surface area contributed by atoms with Crippen LogP contribution in [0.15, 0.2) is 17.0 Å². The maximum Gasteiger partial charge on any atom is 0.153 e. The molecule has 0 fully saturated rings. The molecule has 0 heterocycles. The number of halogens is 2. The van der Waals surface area contributed by atoms with Crippen LogP contribution in [0.2, 0.25) is 0 Å². The third-order valence-corrected chi connectivity index (χ3v) is 2.45. The molecule has 0 saturated heterocycles. The number of benzene rings is 1. The lowest BCUT2D eigenvalue weighted by Crippen LogP contribution is -1.94. The van der Waals surface area contributed by atoms with Gasteiger partial charge < -0.3 is 0 Å². The highest BCUT2D eigenvalue weighted by Gasteiger charge is 2.12. The van der Waals surface area contributed by atoms with Crippen molar-refractivity contribution in [2.45, 2.75) is 11.8 Å². The average molecular weight is 202 g/mol. The Hall–Kier alpha value is -0.900. The molecule has 0 aliphatic heterocycles. The smallest absolute Gasteiger partial charge is 0.153 e. The first-order valence-electron chi connectivity index (χ1n) is 3.76. The van der Waals surface area contributed by atoms with Gasteiger partial charge in [-0.3, -0.25) is 4.79 Å². The fourth-order valence-electron chi connectivity index (χ4n) is 0.915. The van der Waals surface area contributed by atoms with Crippen molar-refractivity contribution >= 4 is 18.0 Å². The first-order chi connectivity index (χ1) is 6.20. The third-order valence-electron chi connectivity index (χ3n) is 1.49. The summed E-state index contributed by atoms with van der Waals surface area (Å²) in [7, 11) is 0. The van der Waals surface area contributed by atoms with Gasteiger partial charge in [-0.05, 0) is 17.9 Å². The molecule has 0 saturated carbocycles. The minimum atomic E-state index is -0.762. The molecule has 0 bridgehead atoms. The highest BCUT2D eigenvalue weighted by Crippen LogP contribution is 2.26. The van der Waals surface area contributed by atoms with Crippen LogP contribution in [0.5, 0.6) is 0 Å². The average Bonchev–Trinajstić information content (AvgIpc) is 2.12. The summed E-state index contributed by atoms with van der Waals surface area (Å²) in [6.07, 6.45) is 0.383. The van der Waals surface area contributed by atoms with E-state index in [9.17, 15) is 13.6 Å². The van der Waals surface area contributed by atoms with E-state index in [1.165, 1.54) is 0 Å². The molecule has 1 rings (SSSR count). The van der Waals surface area contributed by atoms with E-state index in [0.717, 1.165) is 23.9 Å². The molecule has 0 radical (unpaired) electrons. The van der Waals surface area contributed by atoms with Crippen molar-refractivity contribution in [1.82, 2.24) is 0 Å². The Bertz CT molecular complexity index is 326. The highest BCUT2D eigenvalue weighted by molar-refractivity contribution is 7.99. The first-order valence-corrected chi connectivity index (χ1v) is 4.75. The summed E-state index contributed by atoms with van der Waals surface area (Å²) < 4.78 is 26.2. The van der Waals surface area contributed by atoms with Crippen LogP contribution >= 0.6 is 11.8 Å². The summed E-state index contributed by atoms with van der Waals surface area (Å²) >= 11 is 1.05. The number of hydrogen-bond acceptors (Lipinski definition) is 2. The molecular formula is C9H8F2OS. The zero-order valence-electron chi connectivity index (χ0n) is 7.01. The van der Waals surface area contributed by atoms with Gasteiger partial charge >= 0.3 is 0 Å². The second-order valence-corrected chi connectivity index (χ2v) is 3.60. The van der Waals surface area contributed by atoms with Crippen molar-refractivity contribution < 1.29 is 13.6 Å². The zero-order valence-corrected chi connectivity index (χ0v) is 7.83. The van der Waals surface area contributed by atoms with Gasteiger partial charge in [0.15, 0.2) is 6.29 Å². The van der Waals surface area contributed by atoms with E-state index >= 15 is 0 Å². The lowest BCUT2D eigenvalue weighted by molar-refractivity contribution is 0.111. The number of hydrogen-bond donors (Lipinski definition) is 0. The standard InChI is InChI=1S/C9H8F2OS/c1-2-13-9-7(10)4-3-6(5-12)8(9)11/h3-5H,2H2,1H3. The molecular weight excluding hydrogens is 194 g/mol. The molecule has 0 N–H and O–H groups in total. The van der Waals surface area contributed by atoms with Crippen LogP contribution in [0.1, 0.15) is 17.3 Å². The van der Waals surface area contributed by atoms with Gasteiger partial charge in [0.1, 0.15) is 11.6 Å². The van der Waals surface area contributed by atoms with Gasteiger partial charge in [-0.15, -0.1) is 11.8 Å². The molecule has 0 aromatic heterocycles. The van der Waals surface area contributed by atoms with Gasteiger partial charge in [-0.2, -0.15) is 0 Å². The van der Waals surface area contributed by atoms with Crippen molar-refractivity contribution in [2.24, 2.45) is 0 Å². The van der Waals surface area contributed by atoms with Gasteiger partial charge in [-0.25, -0.2) is 8.78 Å². The SMILES string of the molecule is CCSc1c(F)ccc(C=O)c1F. The van der Waals surface area contributed by atoms with E-state index in [1.807, 2.05) is 0 Å². The molecule has 1 aromatic carbocycles. The van der Waals surface area contributed by atoms with E-state index in [-0.39, 0.29) is 10.5 Å². The van der Waals surface area contributed by atoms with Gasteiger partial charge in [0, 0.05) is 0 Å². The summed E-state index contributed by atoms with van der Waals surface area (Å²) in [5, 5.41) is 0. The maximum atomic E-state index is 13.2. The van der Waals surface area contributed by atoms with E-state index < -0.39 is 11.6 Å². The van der Waals surface area contributed by atoms with E-state index in [0.29, 0.717) is 12.0 Å². The van der Waals surface area contributed by atoms with Crippen LogP contribution in [0, 0.1) is 11.6 Å². The number of aldehydes is 1. The molecule has 0 atom stereocenters. The van der Waals surface area contributed by atoms with Crippen molar-refractivity contribution in [2.75, 3.05) is 5.75 Å². The fraction of sp³-hybridized carbons (Fsp3) is 0.222. The largest absolute Gasteiger partial charge is 0.298 e. The van der Waals surface area contributed by atoms with E-state index in [1.54, 1.807) is 6.92 Å². The van der Waals surface area contributed by atoms with Crippen LogP contribution in [0.25, 0.3) is 0 Å². The number of rotatable bonds is 3. The quantitative estimate of drug-likeness (QED) is 0.553. The number of thioether (sulfide) groups is 1. The molecule has 1 nitrogen and oxygen atoms in total. The third kappa shape index (κ3) is 2.06. The summed E-state index contributed by atoms with van der Waals surface area (Å²) in [6.45, 7) is 1.79. The summed E-state index contributed by atoms with van der Waals surface area (Å²) in [5.41, 5.74) is -0.0997. The van der Waals surface area contributed by atoms with E-state index in [4.69, 9.17) is 0 Å². The van der Waals surface area contributed by atoms with Gasteiger partial charge in [0.25, 0.3) is 0 Å². The fourth-order valence-corrected chi connectivity index (χ4v) is 1.65. The molecule has 0 aliphatic rings. The van der Waals surface area contributed by atoms with Crippen LogP contribution in [-0.4, -0.2) is 12.0 Å². The van der Waals surface area contributed by atoms with Crippen LogP contribution in [-0.2, 0) is 0 Å². The Labute approximate surface area is 79.1 Å². The molecule has 0 amide bonds. The Morgan fingerprint density at radius 1 is 1.46 bits per heavy atom. The minimum Gasteiger partial charge on any atom is -0.298 e. The van der Waals surface area contributed by atoms with Crippen molar-refractivity contribution in [1.29, 1.82) is 0 Å². The zero-order chi connectivity index (χ0) is 9.84. The molecule has 13 heavy (non-hydrogen) atoms. The Balaban J connectivity index is 3.21. The van der Waals surface area contributed by atoms with Crippen molar-refractivity contribution in [3.05, 3.63) is 29.3 Å². The lowest BCUT2D eigenvalue weighted by Gasteiger charge is -2.03. The van der Waals surface area contributed by atoms with Crippen LogP contribution < -0.4 is 0 Å². The highest BCUT2D eigenvalue weighted by atomic mass is 32.2. The Morgan fingerprint density at radius 3 is 2.69 bits per heavy atom.